The Morgan fingerprint density at radius 1 is 1.27 bits per heavy atom. The highest BCUT2D eigenvalue weighted by Crippen LogP contribution is 2.26. The van der Waals surface area contributed by atoms with E-state index in [1.165, 1.54) is 4.90 Å². The average molecular weight is 344 g/mol. The molecule has 0 saturated carbocycles. The minimum absolute atomic E-state index is 0.101. The van der Waals surface area contributed by atoms with E-state index >= 15 is 0 Å². The van der Waals surface area contributed by atoms with E-state index in [1.807, 2.05) is 0 Å². The van der Waals surface area contributed by atoms with Crippen LogP contribution < -0.4 is 0 Å². The molecule has 0 aliphatic carbocycles. The fraction of sp³-hybridized carbons (Fsp3) is 0.333. The summed E-state index contributed by atoms with van der Waals surface area (Å²) >= 11 is 11.8. The highest BCUT2D eigenvalue weighted by Gasteiger charge is 2.37. The van der Waals surface area contributed by atoms with Crippen molar-refractivity contribution < 1.29 is 19.1 Å². The van der Waals surface area contributed by atoms with E-state index in [0.29, 0.717) is 16.6 Å². The number of hydrogen-bond donors (Lipinski definition) is 0. The van der Waals surface area contributed by atoms with Crippen LogP contribution in [0.25, 0.3) is 0 Å². The minimum Gasteiger partial charge on any atom is -0.445 e. The molecule has 1 aliphatic heterocycles. The Kier molecular flexibility index (Phi) is 4.68. The fourth-order valence-electron chi connectivity index (χ4n) is 1.90. The number of ether oxygens (including phenoxy) is 2. The van der Waals surface area contributed by atoms with Gasteiger partial charge in [0.15, 0.2) is 0 Å². The minimum atomic E-state index is -1.05. The van der Waals surface area contributed by atoms with Crippen molar-refractivity contribution in [3.8, 4) is 0 Å². The molecule has 22 heavy (non-hydrogen) atoms. The number of benzene rings is 1. The van der Waals surface area contributed by atoms with Crippen LogP contribution >= 0.6 is 23.2 Å². The molecule has 1 amide bonds. The number of carbonyl (C=O) groups is 2. The first-order valence-corrected chi connectivity index (χ1v) is 7.26. The number of cyclic esters (lactones) is 1. The molecule has 0 radical (unpaired) electrons. The summed E-state index contributed by atoms with van der Waals surface area (Å²) in [7, 11) is 1.60. The normalized spacial score (nSPS) is 18.0. The van der Waals surface area contributed by atoms with Gasteiger partial charge in [-0.3, -0.25) is 4.79 Å². The van der Waals surface area contributed by atoms with Gasteiger partial charge in [-0.05, 0) is 17.7 Å². The van der Waals surface area contributed by atoms with Gasteiger partial charge in [0, 0.05) is 27.4 Å². The number of nitrogens with zero attached hydrogens (tertiary/aromatic N) is 1. The molecule has 0 spiro atoms. The van der Waals surface area contributed by atoms with Crippen molar-refractivity contribution in [2.75, 3.05) is 7.05 Å². The van der Waals surface area contributed by atoms with Crippen molar-refractivity contribution in [1.82, 2.24) is 4.90 Å². The summed E-state index contributed by atoms with van der Waals surface area (Å²) < 4.78 is 10.2. The number of hydrogen-bond acceptors (Lipinski definition) is 4. The largest absolute Gasteiger partial charge is 0.445 e. The van der Waals surface area contributed by atoms with Crippen LogP contribution in [0, 0.1) is 0 Å². The van der Waals surface area contributed by atoms with Crippen LogP contribution in [0.5, 0.6) is 0 Å². The topological polar surface area (TPSA) is 55.8 Å². The van der Waals surface area contributed by atoms with Crippen LogP contribution in [0.2, 0.25) is 10.0 Å². The van der Waals surface area contributed by atoms with E-state index < -0.39 is 11.8 Å². The van der Waals surface area contributed by atoms with E-state index in [2.05, 4.69) is 0 Å². The van der Waals surface area contributed by atoms with Gasteiger partial charge in [-0.25, -0.2) is 4.79 Å². The molecule has 0 unspecified atom stereocenters. The lowest BCUT2D eigenvalue weighted by atomic mass is 10.2. The van der Waals surface area contributed by atoms with Crippen molar-refractivity contribution >= 4 is 35.1 Å². The first-order valence-electron chi connectivity index (χ1n) is 6.51. The first-order chi connectivity index (χ1) is 10.2. The van der Waals surface area contributed by atoms with Crippen LogP contribution in [0.1, 0.15) is 19.4 Å². The number of rotatable bonds is 3. The lowest BCUT2D eigenvalue weighted by Gasteiger charge is -2.16. The molecule has 5 nitrogen and oxygen atoms in total. The Morgan fingerprint density at radius 3 is 2.50 bits per heavy atom. The molecule has 1 aromatic rings. The Morgan fingerprint density at radius 2 is 1.95 bits per heavy atom. The average Bonchev–Trinajstić information content (AvgIpc) is 2.66. The highest BCUT2D eigenvalue weighted by molar-refractivity contribution is 6.42. The van der Waals surface area contributed by atoms with E-state index in [4.69, 9.17) is 32.7 Å². The predicted molar refractivity (Wildman–Crippen MR) is 82.3 cm³/mol. The number of esters is 1. The van der Waals surface area contributed by atoms with Gasteiger partial charge in [-0.2, -0.15) is 0 Å². The molecule has 0 aromatic heterocycles. The zero-order valence-electron chi connectivity index (χ0n) is 12.4. The quantitative estimate of drug-likeness (QED) is 0.624. The maximum atomic E-state index is 12.1. The van der Waals surface area contributed by atoms with Crippen molar-refractivity contribution in [2.24, 2.45) is 0 Å². The SMILES string of the molecule is CN(Cc1ccc(Cl)c(Cl)c1)C(=O)/C=C1\OC(C)(C)OC1=O. The third kappa shape index (κ3) is 3.93. The third-order valence-corrected chi connectivity index (χ3v) is 3.67. The molecule has 0 bridgehead atoms. The van der Waals surface area contributed by atoms with E-state index in [0.717, 1.165) is 11.6 Å². The second kappa shape index (κ2) is 6.18. The van der Waals surface area contributed by atoms with Crippen molar-refractivity contribution in [3.63, 3.8) is 0 Å². The summed E-state index contributed by atoms with van der Waals surface area (Å²) in [6, 6.07) is 5.12. The smallest absolute Gasteiger partial charge is 0.377 e. The zero-order chi connectivity index (χ0) is 16.5. The second-order valence-corrected chi connectivity index (χ2v) is 6.16. The molecule has 7 heteroatoms. The van der Waals surface area contributed by atoms with E-state index in [-0.39, 0.29) is 11.7 Å². The molecular formula is C15H15Cl2NO4. The Balaban J connectivity index is 2.06. The summed E-state index contributed by atoms with van der Waals surface area (Å²) in [5.74, 6) is -2.18. The standard InChI is InChI=1S/C15H15Cl2NO4/c1-15(2)21-12(14(20)22-15)7-13(19)18(3)8-9-4-5-10(16)11(17)6-9/h4-7H,8H2,1-3H3/b12-7-. The van der Waals surface area contributed by atoms with Gasteiger partial charge >= 0.3 is 5.97 Å². The van der Waals surface area contributed by atoms with Crippen LogP contribution in [-0.4, -0.2) is 29.6 Å². The molecule has 1 aliphatic rings. The van der Waals surface area contributed by atoms with Crippen LogP contribution in [0.4, 0.5) is 0 Å². The van der Waals surface area contributed by atoms with E-state index in [9.17, 15) is 9.59 Å². The molecule has 1 aromatic carbocycles. The fourth-order valence-corrected chi connectivity index (χ4v) is 2.22. The highest BCUT2D eigenvalue weighted by atomic mass is 35.5. The van der Waals surface area contributed by atoms with Gasteiger partial charge < -0.3 is 14.4 Å². The number of halogens is 2. The van der Waals surface area contributed by atoms with Crippen LogP contribution in [0.15, 0.2) is 30.0 Å². The number of amides is 1. The van der Waals surface area contributed by atoms with Crippen LogP contribution in [-0.2, 0) is 25.6 Å². The lowest BCUT2D eigenvalue weighted by Crippen LogP contribution is -2.25. The molecule has 1 fully saturated rings. The molecule has 1 heterocycles. The maximum absolute atomic E-state index is 12.1. The third-order valence-electron chi connectivity index (χ3n) is 2.93. The number of likely N-dealkylation sites (N-methyl/N-ethyl adjacent to an activating group) is 1. The van der Waals surface area contributed by atoms with Crippen molar-refractivity contribution in [2.45, 2.75) is 26.2 Å². The molecule has 118 valence electrons. The maximum Gasteiger partial charge on any atom is 0.377 e. The monoisotopic (exact) mass is 343 g/mol. The lowest BCUT2D eigenvalue weighted by molar-refractivity contribution is -0.159. The Bertz CT molecular complexity index is 655. The molecule has 0 atom stereocenters. The first kappa shape index (κ1) is 16.6. The van der Waals surface area contributed by atoms with Gasteiger partial charge in [0.05, 0.1) is 16.1 Å². The summed E-state index contributed by atoms with van der Waals surface area (Å²) in [5.41, 5.74) is 0.818. The van der Waals surface area contributed by atoms with Gasteiger partial charge in [-0.15, -0.1) is 0 Å². The van der Waals surface area contributed by atoms with Gasteiger partial charge in [0.1, 0.15) is 0 Å². The summed E-state index contributed by atoms with van der Waals surface area (Å²) in [5, 5.41) is 0.869. The predicted octanol–water partition coefficient (Wildman–Crippen LogP) is 3.15. The van der Waals surface area contributed by atoms with Gasteiger partial charge in [0.2, 0.25) is 11.5 Å². The molecule has 0 N–H and O–H groups in total. The van der Waals surface area contributed by atoms with Gasteiger partial charge in [-0.1, -0.05) is 29.3 Å². The van der Waals surface area contributed by atoms with Crippen molar-refractivity contribution in [3.05, 3.63) is 45.6 Å². The zero-order valence-corrected chi connectivity index (χ0v) is 13.9. The number of carbonyl (C=O) groups excluding carboxylic acids is 2. The summed E-state index contributed by atoms with van der Waals surface area (Å²) in [6.45, 7) is 3.50. The van der Waals surface area contributed by atoms with Crippen molar-refractivity contribution in [1.29, 1.82) is 0 Å². The Labute approximate surface area is 138 Å². The van der Waals surface area contributed by atoms with Crippen LogP contribution in [0.3, 0.4) is 0 Å². The molecule has 2 rings (SSSR count). The molecular weight excluding hydrogens is 329 g/mol. The second-order valence-electron chi connectivity index (χ2n) is 5.34. The Hall–Kier alpha value is -1.72. The summed E-state index contributed by atoms with van der Waals surface area (Å²) in [6.07, 6.45) is 1.12. The van der Waals surface area contributed by atoms with Gasteiger partial charge in [0.25, 0.3) is 5.91 Å². The summed E-state index contributed by atoms with van der Waals surface area (Å²) in [4.78, 5) is 25.1. The van der Waals surface area contributed by atoms with E-state index in [1.54, 1.807) is 39.1 Å². The molecule has 1 saturated heterocycles.